The van der Waals surface area contributed by atoms with Gasteiger partial charge in [-0.15, -0.1) is 35.3 Å². The summed E-state index contributed by atoms with van der Waals surface area (Å²) < 4.78 is 13.5. The monoisotopic (exact) mass is 517 g/mol. The quantitative estimate of drug-likeness (QED) is 0.343. The van der Waals surface area contributed by atoms with Crippen molar-refractivity contribution in [2.45, 2.75) is 45.7 Å². The van der Waals surface area contributed by atoms with Crippen LogP contribution in [0.25, 0.3) is 0 Å². The van der Waals surface area contributed by atoms with Crippen LogP contribution >= 0.6 is 35.3 Å². The third kappa shape index (κ3) is 6.58. The summed E-state index contributed by atoms with van der Waals surface area (Å²) in [6.07, 6.45) is 5.10. The molecule has 1 aromatic heterocycles. The van der Waals surface area contributed by atoms with Gasteiger partial charge in [0.05, 0.1) is 6.54 Å². The molecule has 0 amide bonds. The molecule has 28 heavy (non-hydrogen) atoms. The highest BCUT2D eigenvalue weighted by molar-refractivity contribution is 14.0. The van der Waals surface area contributed by atoms with E-state index in [2.05, 4.69) is 34.4 Å². The molecule has 1 aliphatic rings. The largest absolute Gasteiger partial charge is 0.369 e. The number of aliphatic imine (C=N–C) groups is 1. The Morgan fingerprint density at radius 1 is 1.39 bits per heavy atom. The Bertz CT molecular complexity index is 767. The molecule has 0 spiro atoms. The van der Waals surface area contributed by atoms with E-state index in [-0.39, 0.29) is 35.8 Å². The average Bonchev–Trinajstić information content (AvgIpc) is 3.15. The van der Waals surface area contributed by atoms with Crippen molar-refractivity contribution in [2.75, 3.05) is 24.5 Å². The van der Waals surface area contributed by atoms with Gasteiger partial charge >= 0.3 is 0 Å². The number of piperidine rings is 1. The summed E-state index contributed by atoms with van der Waals surface area (Å²) in [6.45, 7) is 7.39. The molecule has 0 aliphatic carbocycles. The van der Waals surface area contributed by atoms with Crippen LogP contribution in [0.5, 0.6) is 0 Å². The van der Waals surface area contributed by atoms with Crippen LogP contribution in [0.2, 0.25) is 0 Å². The minimum Gasteiger partial charge on any atom is -0.369 e. The number of aryl methyl sites for hydroxylation is 1. The fourth-order valence-corrected chi connectivity index (χ4v) is 4.03. The Kier molecular flexibility index (Phi) is 9.43. The zero-order valence-electron chi connectivity index (χ0n) is 16.4. The molecule has 1 unspecified atom stereocenters. The van der Waals surface area contributed by atoms with Gasteiger partial charge in [-0.25, -0.2) is 14.4 Å². The second-order valence-electron chi connectivity index (χ2n) is 6.68. The van der Waals surface area contributed by atoms with Crippen LogP contribution in [0.1, 0.15) is 36.6 Å². The first-order valence-electron chi connectivity index (χ1n) is 9.67. The van der Waals surface area contributed by atoms with Crippen LogP contribution in [-0.4, -0.2) is 36.6 Å². The molecule has 2 N–H and O–H groups in total. The van der Waals surface area contributed by atoms with Gasteiger partial charge in [0.1, 0.15) is 10.8 Å². The molecule has 1 aromatic carbocycles. The number of nitrogens with one attached hydrogen (secondary N) is 2. The number of benzene rings is 1. The van der Waals surface area contributed by atoms with Crippen molar-refractivity contribution in [1.29, 1.82) is 0 Å². The van der Waals surface area contributed by atoms with Crippen LogP contribution in [0.4, 0.5) is 10.1 Å². The highest BCUT2D eigenvalue weighted by Gasteiger charge is 2.21. The molecule has 2 aromatic rings. The lowest BCUT2D eigenvalue weighted by atomic mass is 10.0. The van der Waals surface area contributed by atoms with E-state index >= 15 is 0 Å². The third-order valence-electron chi connectivity index (χ3n) is 4.60. The van der Waals surface area contributed by atoms with E-state index < -0.39 is 0 Å². The Morgan fingerprint density at radius 2 is 2.25 bits per heavy atom. The van der Waals surface area contributed by atoms with Crippen molar-refractivity contribution < 1.29 is 4.39 Å². The van der Waals surface area contributed by atoms with Crippen LogP contribution in [-0.2, 0) is 13.0 Å². The number of halogens is 2. The van der Waals surface area contributed by atoms with Crippen LogP contribution in [0, 0.1) is 5.82 Å². The highest BCUT2D eigenvalue weighted by Crippen LogP contribution is 2.21. The number of anilines is 1. The van der Waals surface area contributed by atoms with Crippen molar-refractivity contribution >= 4 is 47.0 Å². The first kappa shape index (κ1) is 22.9. The standard InChI is InChI=1S/C20H28FN5S.HI/c1-3-18-12-23-19(27-18)13-24-20(22-4-2)25-16-8-6-10-26(14-16)17-9-5-7-15(21)11-17;/h5,7,9,11-12,16H,3-4,6,8,10,13-14H2,1-2H3,(H2,22,24,25);1H. The van der Waals surface area contributed by atoms with Crippen molar-refractivity contribution in [3.8, 4) is 0 Å². The fraction of sp³-hybridized carbons (Fsp3) is 0.500. The molecule has 0 bridgehead atoms. The lowest BCUT2D eigenvalue weighted by Gasteiger charge is -2.35. The van der Waals surface area contributed by atoms with Crippen LogP contribution in [0.15, 0.2) is 35.5 Å². The number of hydrogen-bond acceptors (Lipinski definition) is 4. The van der Waals surface area contributed by atoms with Gasteiger partial charge in [-0.05, 0) is 44.4 Å². The van der Waals surface area contributed by atoms with E-state index in [1.165, 1.54) is 10.9 Å². The molecule has 1 aliphatic heterocycles. The van der Waals surface area contributed by atoms with Crippen LogP contribution in [0.3, 0.4) is 0 Å². The average molecular weight is 517 g/mol. The summed E-state index contributed by atoms with van der Waals surface area (Å²) >= 11 is 1.72. The molecule has 2 heterocycles. The van der Waals surface area contributed by atoms with E-state index in [0.717, 1.165) is 55.6 Å². The van der Waals surface area contributed by atoms with E-state index in [0.29, 0.717) is 6.54 Å². The Morgan fingerprint density at radius 3 is 2.96 bits per heavy atom. The smallest absolute Gasteiger partial charge is 0.191 e. The predicted octanol–water partition coefficient (Wildman–Crippen LogP) is 4.19. The Hall–Kier alpha value is -1.42. The Labute approximate surface area is 187 Å². The van der Waals surface area contributed by atoms with E-state index in [1.54, 1.807) is 23.5 Å². The van der Waals surface area contributed by atoms with Crippen molar-refractivity contribution in [2.24, 2.45) is 4.99 Å². The summed E-state index contributed by atoms with van der Waals surface area (Å²) in [4.78, 5) is 12.7. The summed E-state index contributed by atoms with van der Waals surface area (Å²) in [5, 5.41) is 7.90. The lowest BCUT2D eigenvalue weighted by Crippen LogP contribution is -2.51. The van der Waals surface area contributed by atoms with Gasteiger partial charge in [0.25, 0.3) is 0 Å². The van der Waals surface area contributed by atoms with Gasteiger partial charge in [0.2, 0.25) is 0 Å². The number of rotatable bonds is 6. The first-order chi connectivity index (χ1) is 13.2. The summed E-state index contributed by atoms with van der Waals surface area (Å²) in [5.74, 6) is 0.629. The molecule has 3 rings (SSSR count). The summed E-state index contributed by atoms with van der Waals surface area (Å²) in [7, 11) is 0. The maximum Gasteiger partial charge on any atom is 0.191 e. The van der Waals surface area contributed by atoms with Gasteiger partial charge in [-0.1, -0.05) is 13.0 Å². The second-order valence-corrected chi connectivity index (χ2v) is 7.88. The van der Waals surface area contributed by atoms with E-state index in [4.69, 9.17) is 4.99 Å². The zero-order valence-corrected chi connectivity index (χ0v) is 19.6. The minimum absolute atomic E-state index is 0. The first-order valence-corrected chi connectivity index (χ1v) is 10.5. The van der Waals surface area contributed by atoms with E-state index in [9.17, 15) is 4.39 Å². The third-order valence-corrected chi connectivity index (χ3v) is 5.73. The minimum atomic E-state index is -0.188. The molecule has 8 heteroatoms. The fourth-order valence-electron chi connectivity index (χ4n) is 3.25. The molecular formula is C20H29FIN5S. The molecule has 0 saturated carbocycles. The van der Waals surface area contributed by atoms with Crippen LogP contribution < -0.4 is 15.5 Å². The number of hydrogen-bond donors (Lipinski definition) is 2. The number of aromatic nitrogens is 1. The van der Waals surface area contributed by atoms with Gasteiger partial charge in [0.15, 0.2) is 5.96 Å². The Balaban J connectivity index is 0.00000280. The lowest BCUT2D eigenvalue weighted by molar-refractivity contribution is 0.467. The van der Waals surface area contributed by atoms with Crippen molar-refractivity contribution in [1.82, 2.24) is 15.6 Å². The summed E-state index contributed by atoms with van der Waals surface area (Å²) in [5.41, 5.74) is 0.943. The van der Waals surface area contributed by atoms with Gasteiger partial charge in [-0.3, -0.25) is 0 Å². The maximum atomic E-state index is 13.5. The second kappa shape index (κ2) is 11.5. The number of thiazole rings is 1. The van der Waals surface area contributed by atoms with Crippen molar-refractivity contribution in [3.63, 3.8) is 0 Å². The normalized spacial score (nSPS) is 17.2. The van der Waals surface area contributed by atoms with Gasteiger partial charge in [0, 0.05) is 42.4 Å². The van der Waals surface area contributed by atoms with Gasteiger partial charge < -0.3 is 15.5 Å². The molecular weight excluding hydrogens is 488 g/mol. The number of guanidine groups is 1. The summed E-state index contributed by atoms with van der Waals surface area (Å²) in [6, 6.07) is 7.11. The molecule has 1 atom stereocenters. The topological polar surface area (TPSA) is 52.6 Å². The molecule has 1 fully saturated rings. The molecule has 5 nitrogen and oxygen atoms in total. The maximum absolute atomic E-state index is 13.5. The number of nitrogens with zero attached hydrogens (tertiary/aromatic N) is 3. The molecule has 1 saturated heterocycles. The highest BCUT2D eigenvalue weighted by atomic mass is 127. The van der Waals surface area contributed by atoms with Gasteiger partial charge in [-0.2, -0.15) is 0 Å². The zero-order chi connectivity index (χ0) is 19.1. The SMILES string of the molecule is CCNC(=NCc1ncc(CC)s1)NC1CCCN(c2cccc(F)c2)C1.I. The van der Waals surface area contributed by atoms with E-state index in [1.807, 2.05) is 12.3 Å². The molecule has 0 radical (unpaired) electrons. The molecule has 154 valence electrons. The van der Waals surface area contributed by atoms with Crippen molar-refractivity contribution in [3.05, 3.63) is 46.2 Å². The predicted molar refractivity (Wildman–Crippen MR) is 126 cm³/mol.